The highest BCUT2D eigenvalue weighted by Crippen LogP contribution is 2.42. The second-order valence-electron chi connectivity index (χ2n) is 7.10. The predicted octanol–water partition coefficient (Wildman–Crippen LogP) is 1.87. The molecule has 1 aliphatic carbocycles. The maximum Gasteiger partial charge on any atom is 0.324 e. The zero-order valence-corrected chi connectivity index (χ0v) is 11.9. The normalized spacial score (nSPS) is 37.2. The largest absolute Gasteiger partial charge is 0.324 e. The highest BCUT2D eigenvalue weighted by molar-refractivity contribution is 5.30. The summed E-state index contributed by atoms with van der Waals surface area (Å²) < 4.78 is 5.50. The van der Waals surface area contributed by atoms with Crippen LogP contribution >= 0.6 is 0 Å². The lowest BCUT2D eigenvalue weighted by atomic mass is 9.90. The molecule has 3 atom stereocenters. The first kappa shape index (κ1) is 11.5. The van der Waals surface area contributed by atoms with Gasteiger partial charge in [0.2, 0.25) is 0 Å². The number of piperidine rings is 1. The van der Waals surface area contributed by atoms with Crippen LogP contribution in [0, 0.1) is 11.8 Å². The van der Waals surface area contributed by atoms with Gasteiger partial charge in [-0.25, -0.2) is 0 Å². The molecule has 0 bridgehead atoms. The Morgan fingerprint density at radius 1 is 1.05 bits per heavy atom. The first-order valence-electron chi connectivity index (χ1n) is 8.21. The van der Waals surface area contributed by atoms with Crippen molar-refractivity contribution in [3.8, 4) is 0 Å². The van der Waals surface area contributed by atoms with Crippen molar-refractivity contribution in [1.29, 1.82) is 0 Å². The van der Waals surface area contributed by atoms with E-state index >= 15 is 0 Å². The molecule has 5 heteroatoms. The number of aromatic nitrogens is 2. The van der Waals surface area contributed by atoms with Gasteiger partial charge in [-0.05, 0) is 44.1 Å². The second kappa shape index (κ2) is 4.20. The SMILES string of the molecule is C1CCN2C[C@@H]3CN(c4nc(C5CC5)no4)C[C@@H]3[C@H]2C1. The lowest BCUT2D eigenvalue weighted by Gasteiger charge is -2.32. The fourth-order valence-electron chi connectivity index (χ4n) is 4.57. The second-order valence-corrected chi connectivity index (χ2v) is 7.10. The van der Waals surface area contributed by atoms with Crippen molar-refractivity contribution in [1.82, 2.24) is 15.0 Å². The Morgan fingerprint density at radius 3 is 2.90 bits per heavy atom. The molecule has 1 aromatic heterocycles. The smallest absolute Gasteiger partial charge is 0.324 e. The molecule has 0 N–H and O–H groups in total. The third kappa shape index (κ3) is 1.72. The van der Waals surface area contributed by atoms with Crippen molar-refractivity contribution in [3.63, 3.8) is 0 Å². The van der Waals surface area contributed by atoms with Gasteiger partial charge in [0.15, 0.2) is 5.82 Å². The molecule has 3 saturated heterocycles. The van der Waals surface area contributed by atoms with Crippen LogP contribution in [0.2, 0.25) is 0 Å². The fourth-order valence-corrected chi connectivity index (χ4v) is 4.57. The molecule has 4 aliphatic rings. The monoisotopic (exact) mass is 274 g/mol. The Morgan fingerprint density at radius 2 is 2.00 bits per heavy atom. The zero-order chi connectivity index (χ0) is 13.1. The molecule has 3 aliphatic heterocycles. The Balaban J connectivity index is 1.33. The third-order valence-electron chi connectivity index (χ3n) is 5.76. The minimum absolute atomic E-state index is 0.587. The van der Waals surface area contributed by atoms with E-state index < -0.39 is 0 Å². The molecule has 1 saturated carbocycles. The lowest BCUT2D eigenvalue weighted by Crippen LogP contribution is -2.39. The highest BCUT2D eigenvalue weighted by atomic mass is 16.5. The predicted molar refractivity (Wildman–Crippen MR) is 74.7 cm³/mol. The van der Waals surface area contributed by atoms with Crippen molar-refractivity contribution in [3.05, 3.63) is 5.82 Å². The molecule has 0 unspecified atom stereocenters. The van der Waals surface area contributed by atoms with Crippen LogP contribution in [-0.4, -0.2) is 47.3 Å². The molecule has 4 heterocycles. The molecule has 5 rings (SSSR count). The molecule has 108 valence electrons. The summed E-state index contributed by atoms with van der Waals surface area (Å²) >= 11 is 0. The minimum Gasteiger partial charge on any atom is -0.324 e. The van der Waals surface area contributed by atoms with E-state index in [9.17, 15) is 0 Å². The first-order valence-corrected chi connectivity index (χ1v) is 8.21. The molecule has 0 radical (unpaired) electrons. The number of hydrogen-bond donors (Lipinski definition) is 0. The summed E-state index contributed by atoms with van der Waals surface area (Å²) in [6.45, 7) is 4.85. The average molecular weight is 274 g/mol. The summed E-state index contributed by atoms with van der Waals surface area (Å²) in [6.07, 6.45) is 6.68. The number of anilines is 1. The van der Waals surface area contributed by atoms with E-state index in [2.05, 4.69) is 19.9 Å². The van der Waals surface area contributed by atoms with Crippen molar-refractivity contribution in [2.24, 2.45) is 11.8 Å². The zero-order valence-electron chi connectivity index (χ0n) is 11.9. The van der Waals surface area contributed by atoms with E-state index in [1.807, 2.05) is 0 Å². The molecule has 0 spiro atoms. The van der Waals surface area contributed by atoms with Crippen LogP contribution in [0.5, 0.6) is 0 Å². The van der Waals surface area contributed by atoms with Gasteiger partial charge in [-0.3, -0.25) is 4.90 Å². The van der Waals surface area contributed by atoms with E-state index in [1.54, 1.807) is 0 Å². The quantitative estimate of drug-likeness (QED) is 0.824. The Kier molecular flexibility index (Phi) is 2.42. The topological polar surface area (TPSA) is 45.4 Å². The summed E-state index contributed by atoms with van der Waals surface area (Å²) in [7, 11) is 0. The van der Waals surface area contributed by atoms with Crippen LogP contribution in [0.4, 0.5) is 6.01 Å². The number of nitrogens with zero attached hydrogens (tertiary/aromatic N) is 4. The summed E-state index contributed by atoms with van der Waals surface area (Å²) in [5.41, 5.74) is 0. The van der Waals surface area contributed by atoms with Gasteiger partial charge in [0, 0.05) is 31.6 Å². The van der Waals surface area contributed by atoms with Crippen molar-refractivity contribution in [2.75, 3.05) is 31.1 Å². The van der Waals surface area contributed by atoms with E-state index in [0.29, 0.717) is 5.92 Å². The van der Waals surface area contributed by atoms with Gasteiger partial charge >= 0.3 is 6.01 Å². The van der Waals surface area contributed by atoms with E-state index in [-0.39, 0.29) is 0 Å². The Labute approximate surface area is 119 Å². The first-order chi connectivity index (χ1) is 9.88. The van der Waals surface area contributed by atoms with Crippen molar-refractivity contribution < 1.29 is 4.52 Å². The maximum absolute atomic E-state index is 5.50. The third-order valence-corrected chi connectivity index (χ3v) is 5.76. The van der Waals surface area contributed by atoms with Crippen LogP contribution < -0.4 is 4.90 Å². The van der Waals surface area contributed by atoms with Crippen LogP contribution in [0.25, 0.3) is 0 Å². The number of rotatable bonds is 2. The molecule has 0 amide bonds. The van der Waals surface area contributed by atoms with Crippen LogP contribution in [-0.2, 0) is 0 Å². The van der Waals surface area contributed by atoms with Crippen LogP contribution in [0.15, 0.2) is 4.52 Å². The summed E-state index contributed by atoms with van der Waals surface area (Å²) in [6, 6.07) is 1.60. The summed E-state index contributed by atoms with van der Waals surface area (Å²) in [5, 5.41) is 4.16. The summed E-state index contributed by atoms with van der Waals surface area (Å²) in [5.74, 6) is 3.17. The van der Waals surface area contributed by atoms with Gasteiger partial charge in [-0.2, -0.15) is 4.98 Å². The molecule has 20 heavy (non-hydrogen) atoms. The van der Waals surface area contributed by atoms with E-state index in [4.69, 9.17) is 4.52 Å². The van der Waals surface area contributed by atoms with Crippen molar-refractivity contribution >= 4 is 6.01 Å². The molecular weight excluding hydrogens is 252 g/mol. The molecule has 5 nitrogen and oxygen atoms in total. The number of fused-ring (bicyclic) bond motifs is 3. The van der Waals surface area contributed by atoms with Crippen LogP contribution in [0.3, 0.4) is 0 Å². The van der Waals surface area contributed by atoms with E-state index in [1.165, 1.54) is 45.2 Å². The average Bonchev–Trinajstić information content (AvgIpc) is 2.93. The van der Waals surface area contributed by atoms with Gasteiger partial charge in [0.25, 0.3) is 0 Å². The molecule has 1 aromatic rings. The molecule has 0 aromatic carbocycles. The molecule has 4 fully saturated rings. The minimum atomic E-state index is 0.587. The molecular formula is C15H22N4O. The lowest BCUT2D eigenvalue weighted by molar-refractivity contribution is 0.173. The Bertz CT molecular complexity index is 512. The summed E-state index contributed by atoms with van der Waals surface area (Å²) in [4.78, 5) is 9.70. The standard InChI is InChI=1S/C15H22N4O/c1-2-6-18-7-11-8-19(9-12(11)13(18)3-1)15-16-14(17-20-15)10-4-5-10/h10-13H,1-9H2/t11-,12+,13-/m1/s1. The van der Waals surface area contributed by atoms with Gasteiger partial charge in [0.1, 0.15) is 0 Å². The van der Waals surface area contributed by atoms with Gasteiger partial charge < -0.3 is 9.42 Å². The van der Waals surface area contributed by atoms with Gasteiger partial charge in [-0.1, -0.05) is 11.6 Å². The van der Waals surface area contributed by atoms with Gasteiger partial charge in [-0.15, -0.1) is 0 Å². The van der Waals surface area contributed by atoms with Gasteiger partial charge in [0.05, 0.1) is 0 Å². The maximum atomic E-state index is 5.50. The number of hydrogen-bond acceptors (Lipinski definition) is 5. The van der Waals surface area contributed by atoms with Crippen LogP contribution in [0.1, 0.15) is 43.8 Å². The highest BCUT2D eigenvalue weighted by Gasteiger charge is 2.48. The fraction of sp³-hybridized carbons (Fsp3) is 0.867. The van der Waals surface area contributed by atoms with E-state index in [0.717, 1.165) is 42.8 Å². The van der Waals surface area contributed by atoms with Crippen molar-refractivity contribution in [2.45, 2.75) is 44.1 Å². The Hall–Kier alpha value is -1.10.